The van der Waals surface area contributed by atoms with Crippen LogP contribution in [0, 0.1) is 0 Å². The minimum atomic E-state index is -0.0764. The molecule has 2 aliphatic rings. The molecule has 0 fully saturated rings. The lowest BCUT2D eigenvalue weighted by molar-refractivity contribution is 0.0979. The second-order valence-corrected chi connectivity index (χ2v) is 7.63. The van der Waals surface area contributed by atoms with E-state index >= 15 is 0 Å². The van der Waals surface area contributed by atoms with Crippen molar-refractivity contribution in [2.24, 2.45) is 0 Å². The van der Waals surface area contributed by atoms with Crippen molar-refractivity contribution in [2.75, 3.05) is 0 Å². The molecule has 0 aromatic heterocycles. The Morgan fingerprint density at radius 1 is 0.483 bits per heavy atom. The van der Waals surface area contributed by atoms with E-state index in [1.165, 1.54) is 22.3 Å². The molecule has 0 amide bonds. The third-order valence-electron chi connectivity index (χ3n) is 6.09. The number of hydrogen-bond donors (Lipinski definition) is 0. The van der Waals surface area contributed by atoms with Gasteiger partial charge >= 0.3 is 0 Å². The molecule has 0 N–H and O–H groups in total. The summed E-state index contributed by atoms with van der Waals surface area (Å²) in [4.78, 5) is 26.0. The van der Waals surface area contributed by atoms with Crippen LogP contribution in [-0.4, -0.2) is 11.6 Å². The van der Waals surface area contributed by atoms with Crippen molar-refractivity contribution >= 4 is 11.6 Å². The van der Waals surface area contributed by atoms with Crippen LogP contribution in [0.3, 0.4) is 0 Å². The van der Waals surface area contributed by atoms with Crippen molar-refractivity contribution in [2.45, 2.75) is 6.42 Å². The Hall–Kier alpha value is -3.78. The quantitative estimate of drug-likeness (QED) is 0.371. The van der Waals surface area contributed by atoms with Crippen LogP contribution in [0.4, 0.5) is 0 Å². The van der Waals surface area contributed by atoms with Crippen molar-refractivity contribution in [1.82, 2.24) is 0 Å². The molecule has 4 aromatic carbocycles. The smallest absolute Gasteiger partial charge is 0.194 e. The predicted octanol–water partition coefficient (Wildman–Crippen LogP) is 5.70. The van der Waals surface area contributed by atoms with E-state index in [4.69, 9.17) is 0 Å². The zero-order valence-electron chi connectivity index (χ0n) is 15.6. The first-order chi connectivity index (χ1) is 14.2. The van der Waals surface area contributed by atoms with Gasteiger partial charge in [-0.2, -0.15) is 0 Å². The van der Waals surface area contributed by atoms with E-state index < -0.39 is 0 Å². The van der Waals surface area contributed by atoms with Gasteiger partial charge in [-0.05, 0) is 51.9 Å². The van der Waals surface area contributed by atoms with Gasteiger partial charge in [-0.1, -0.05) is 72.8 Å². The number of rotatable bonds is 1. The molecule has 0 unspecified atom stereocenters. The largest absolute Gasteiger partial charge is 0.289 e. The first-order valence-electron chi connectivity index (χ1n) is 9.75. The average Bonchev–Trinajstić information content (AvgIpc) is 3.16. The van der Waals surface area contributed by atoms with E-state index in [-0.39, 0.29) is 11.6 Å². The molecule has 4 aromatic rings. The van der Waals surface area contributed by atoms with Crippen molar-refractivity contribution in [3.05, 3.63) is 118 Å². The maximum Gasteiger partial charge on any atom is 0.194 e. The van der Waals surface area contributed by atoms with Crippen molar-refractivity contribution in [3.8, 4) is 22.3 Å². The summed E-state index contributed by atoms with van der Waals surface area (Å²) in [7, 11) is 0. The first kappa shape index (κ1) is 16.2. The van der Waals surface area contributed by atoms with Gasteiger partial charge in [0, 0.05) is 22.3 Å². The predicted molar refractivity (Wildman–Crippen MR) is 113 cm³/mol. The van der Waals surface area contributed by atoms with Crippen LogP contribution in [0.5, 0.6) is 0 Å². The normalized spacial score (nSPS) is 13.5. The SMILES string of the molecule is O=C1c2ccccc2C(=O)c2cc(-c3cccc4c3Cc3ccccc3-4)ccc21. The summed E-state index contributed by atoms with van der Waals surface area (Å²) in [5.41, 5.74) is 9.23. The summed E-state index contributed by atoms with van der Waals surface area (Å²) in [6, 6.07) is 27.6. The minimum absolute atomic E-state index is 0.0760. The maximum absolute atomic E-state index is 13.1. The van der Waals surface area contributed by atoms with Crippen LogP contribution < -0.4 is 0 Å². The molecule has 0 spiro atoms. The molecular formula is C27H16O2. The molecule has 0 bridgehead atoms. The number of benzene rings is 4. The minimum Gasteiger partial charge on any atom is -0.289 e. The van der Waals surface area contributed by atoms with Crippen molar-refractivity contribution in [3.63, 3.8) is 0 Å². The number of hydrogen-bond acceptors (Lipinski definition) is 2. The summed E-state index contributed by atoms with van der Waals surface area (Å²) in [5, 5.41) is 0. The van der Waals surface area contributed by atoms with Crippen molar-refractivity contribution < 1.29 is 9.59 Å². The van der Waals surface area contributed by atoms with Gasteiger partial charge in [0.05, 0.1) is 0 Å². The van der Waals surface area contributed by atoms with Gasteiger partial charge in [0.15, 0.2) is 11.6 Å². The fourth-order valence-corrected chi connectivity index (χ4v) is 4.69. The third kappa shape index (κ3) is 2.23. The molecule has 0 heterocycles. The third-order valence-corrected chi connectivity index (χ3v) is 6.09. The van der Waals surface area contributed by atoms with E-state index in [9.17, 15) is 9.59 Å². The lowest BCUT2D eigenvalue weighted by Crippen LogP contribution is -2.20. The Morgan fingerprint density at radius 3 is 1.86 bits per heavy atom. The van der Waals surface area contributed by atoms with Crippen molar-refractivity contribution in [1.29, 1.82) is 0 Å². The second kappa shape index (κ2) is 5.86. The molecule has 0 saturated carbocycles. The van der Waals surface area contributed by atoms with E-state index in [1.54, 1.807) is 24.3 Å². The molecule has 0 aliphatic heterocycles. The Morgan fingerprint density at radius 2 is 1.07 bits per heavy atom. The van der Waals surface area contributed by atoms with Gasteiger partial charge in [0.2, 0.25) is 0 Å². The average molecular weight is 372 g/mol. The van der Waals surface area contributed by atoms with E-state index in [0.29, 0.717) is 22.3 Å². The second-order valence-electron chi connectivity index (χ2n) is 7.63. The van der Waals surface area contributed by atoms with E-state index in [0.717, 1.165) is 17.5 Å². The number of ketones is 2. The van der Waals surface area contributed by atoms with E-state index in [1.807, 2.05) is 18.2 Å². The Balaban J connectivity index is 1.52. The summed E-state index contributed by atoms with van der Waals surface area (Å²) >= 11 is 0. The summed E-state index contributed by atoms with van der Waals surface area (Å²) < 4.78 is 0. The lowest BCUT2D eigenvalue weighted by atomic mass is 9.82. The molecule has 2 heteroatoms. The van der Waals surface area contributed by atoms with Crippen LogP contribution in [-0.2, 0) is 6.42 Å². The van der Waals surface area contributed by atoms with Crippen LogP contribution in [0.25, 0.3) is 22.3 Å². The molecule has 0 radical (unpaired) electrons. The van der Waals surface area contributed by atoms with Gasteiger partial charge in [-0.3, -0.25) is 9.59 Å². The number of fused-ring (bicyclic) bond motifs is 5. The Labute approximate surface area is 168 Å². The molecular weight excluding hydrogens is 356 g/mol. The standard InChI is InChI=1S/C27H16O2/c28-26-21-8-3-4-9-22(21)27(29)25-15-17(12-13-23(25)26)19-10-5-11-20-18-7-2-1-6-16(18)14-24(19)20/h1-13,15H,14H2. The molecule has 136 valence electrons. The van der Waals surface area contributed by atoms with Gasteiger partial charge in [-0.25, -0.2) is 0 Å². The fourth-order valence-electron chi connectivity index (χ4n) is 4.69. The molecule has 0 saturated heterocycles. The zero-order chi connectivity index (χ0) is 19.5. The molecule has 0 atom stereocenters. The highest BCUT2D eigenvalue weighted by Gasteiger charge is 2.30. The van der Waals surface area contributed by atoms with Crippen LogP contribution in [0.15, 0.2) is 84.9 Å². The fraction of sp³-hybridized carbons (Fsp3) is 0.0370. The van der Waals surface area contributed by atoms with Crippen LogP contribution in [0.2, 0.25) is 0 Å². The molecule has 6 rings (SSSR count). The monoisotopic (exact) mass is 372 g/mol. The summed E-state index contributed by atoms with van der Waals surface area (Å²) in [6.07, 6.45) is 0.883. The summed E-state index contributed by atoms with van der Waals surface area (Å²) in [5.74, 6) is -0.152. The first-order valence-corrected chi connectivity index (χ1v) is 9.75. The Kier molecular flexibility index (Phi) is 3.27. The van der Waals surface area contributed by atoms with Gasteiger partial charge < -0.3 is 0 Å². The highest BCUT2D eigenvalue weighted by molar-refractivity contribution is 6.28. The molecule has 2 nitrogen and oxygen atoms in total. The van der Waals surface area contributed by atoms with Gasteiger partial charge in [0.25, 0.3) is 0 Å². The molecule has 2 aliphatic carbocycles. The Bertz CT molecular complexity index is 1360. The number of carbonyl (C=O) groups is 2. The number of carbonyl (C=O) groups excluding carboxylic acids is 2. The van der Waals surface area contributed by atoms with Gasteiger partial charge in [0.1, 0.15) is 0 Å². The highest BCUT2D eigenvalue weighted by Crippen LogP contribution is 2.42. The summed E-state index contributed by atoms with van der Waals surface area (Å²) in [6.45, 7) is 0. The topological polar surface area (TPSA) is 34.1 Å². The van der Waals surface area contributed by atoms with Crippen LogP contribution in [0.1, 0.15) is 43.0 Å². The lowest BCUT2D eigenvalue weighted by Gasteiger charge is -2.18. The molecule has 29 heavy (non-hydrogen) atoms. The maximum atomic E-state index is 13.1. The highest BCUT2D eigenvalue weighted by atomic mass is 16.1. The van der Waals surface area contributed by atoms with Gasteiger partial charge in [-0.15, -0.1) is 0 Å². The van der Waals surface area contributed by atoms with Crippen LogP contribution >= 0.6 is 0 Å². The zero-order valence-corrected chi connectivity index (χ0v) is 15.6. The van der Waals surface area contributed by atoms with E-state index in [2.05, 4.69) is 42.5 Å².